The van der Waals surface area contributed by atoms with Gasteiger partial charge in [0.05, 0.1) is 12.5 Å². The molecule has 0 radical (unpaired) electrons. The lowest BCUT2D eigenvalue weighted by Crippen LogP contribution is -2.30. The molecule has 0 saturated carbocycles. The van der Waals surface area contributed by atoms with E-state index in [9.17, 15) is 14.4 Å². The molecule has 0 saturated heterocycles. The summed E-state index contributed by atoms with van der Waals surface area (Å²) in [5.74, 6) is -1.81. The van der Waals surface area contributed by atoms with E-state index >= 15 is 0 Å². The lowest BCUT2D eigenvalue weighted by Gasteiger charge is -2.15. The predicted octanol–water partition coefficient (Wildman–Crippen LogP) is 2.08. The van der Waals surface area contributed by atoms with E-state index in [1.54, 1.807) is 41.8 Å². The summed E-state index contributed by atoms with van der Waals surface area (Å²) in [6.45, 7) is 0. The Morgan fingerprint density at radius 2 is 1.78 bits per heavy atom. The Kier molecular flexibility index (Phi) is 7.07. The minimum atomic E-state index is -1.01. The Labute approximate surface area is 159 Å². The highest BCUT2D eigenvalue weighted by atomic mass is 32.1. The summed E-state index contributed by atoms with van der Waals surface area (Å²) in [6.07, 6.45) is -0.315. The number of carboxylic acid groups (broad SMARTS) is 1. The van der Waals surface area contributed by atoms with Gasteiger partial charge in [-0.05, 0) is 35.7 Å². The van der Waals surface area contributed by atoms with E-state index in [2.05, 4.69) is 10.6 Å². The minimum Gasteiger partial charge on any atom is -0.481 e. The largest absolute Gasteiger partial charge is 0.481 e. The van der Waals surface area contributed by atoms with Gasteiger partial charge in [0.15, 0.2) is 0 Å². The fourth-order valence-electron chi connectivity index (χ4n) is 2.34. The second-order valence-electron chi connectivity index (χ2n) is 5.77. The van der Waals surface area contributed by atoms with E-state index in [4.69, 9.17) is 16.2 Å². The van der Waals surface area contributed by atoms with Gasteiger partial charge in [0.2, 0.25) is 11.8 Å². The number of rotatable bonds is 9. The lowest BCUT2D eigenvalue weighted by molar-refractivity contribution is -0.137. The number of thiophene rings is 1. The van der Waals surface area contributed by atoms with Gasteiger partial charge in [0, 0.05) is 29.0 Å². The number of benzene rings is 1. The molecule has 1 unspecified atom stereocenters. The van der Waals surface area contributed by atoms with Crippen LogP contribution in [0.3, 0.4) is 0 Å². The zero-order chi connectivity index (χ0) is 19.8. The number of nitrogens with two attached hydrogens (primary N) is 1. The third-order valence-electron chi connectivity index (χ3n) is 3.66. The van der Waals surface area contributed by atoms with Gasteiger partial charge in [-0.3, -0.25) is 19.8 Å². The Balaban J connectivity index is 1.83. The van der Waals surface area contributed by atoms with Crippen molar-refractivity contribution in [1.82, 2.24) is 5.32 Å². The third-order valence-corrected chi connectivity index (χ3v) is 4.65. The molecule has 2 amide bonds. The van der Waals surface area contributed by atoms with Gasteiger partial charge >= 0.3 is 5.97 Å². The summed E-state index contributed by atoms with van der Waals surface area (Å²) in [5.41, 5.74) is 6.45. The average Bonchev–Trinajstić information content (AvgIpc) is 3.14. The molecule has 142 valence electrons. The highest BCUT2D eigenvalue weighted by Gasteiger charge is 2.19. The molecule has 1 aromatic carbocycles. The number of carboxylic acids is 1. The number of carbonyl (C=O) groups is 3. The molecule has 0 aliphatic rings. The minimum absolute atomic E-state index is 0.0372. The van der Waals surface area contributed by atoms with Crippen LogP contribution in [0.5, 0.6) is 0 Å². The van der Waals surface area contributed by atoms with Gasteiger partial charge in [-0.1, -0.05) is 6.07 Å². The fourth-order valence-corrected chi connectivity index (χ4v) is 3.12. The summed E-state index contributed by atoms with van der Waals surface area (Å²) >= 11 is 1.36. The number of amidine groups is 1. The maximum Gasteiger partial charge on any atom is 0.305 e. The number of hydrogen-bond acceptors (Lipinski definition) is 5. The van der Waals surface area contributed by atoms with Crippen LogP contribution in [0.1, 0.15) is 35.7 Å². The van der Waals surface area contributed by atoms with Crippen molar-refractivity contribution < 1.29 is 19.5 Å². The van der Waals surface area contributed by atoms with Gasteiger partial charge in [-0.25, -0.2) is 0 Å². The Hall–Kier alpha value is -3.20. The van der Waals surface area contributed by atoms with Crippen molar-refractivity contribution in [3.8, 4) is 0 Å². The first kappa shape index (κ1) is 20.1. The van der Waals surface area contributed by atoms with Crippen molar-refractivity contribution in [3.05, 3.63) is 52.2 Å². The molecule has 6 N–H and O–H groups in total. The Morgan fingerprint density at radius 1 is 1.11 bits per heavy atom. The first-order valence-electron chi connectivity index (χ1n) is 8.14. The molecular weight excluding hydrogens is 368 g/mol. The maximum absolute atomic E-state index is 12.1. The topological polar surface area (TPSA) is 145 Å². The molecule has 0 bridgehead atoms. The van der Waals surface area contributed by atoms with Gasteiger partial charge < -0.3 is 21.5 Å². The third kappa shape index (κ3) is 6.55. The van der Waals surface area contributed by atoms with Crippen LogP contribution in [0, 0.1) is 5.41 Å². The van der Waals surface area contributed by atoms with Crippen molar-refractivity contribution in [2.45, 2.75) is 25.3 Å². The van der Waals surface area contributed by atoms with Crippen molar-refractivity contribution in [2.75, 3.05) is 5.32 Å². The normalized spacial score (nSPS) is 11.4. The highest BCUT2D eigenvalue weighted by Crippen LogP contribution is 2.22. The quantitative estimate of drug-likeness (QED) is 0.330. The number of aliphatic carboxylic acids is 1. The number of nitrogens with one attached hydrogen (secondary N) is 3. The van der Waals surface area contributed by atoms with Gasteiger partial charge in [-0.15, -0.1) is 11.3 Å². The number of nitrogen functional groups attached to an aromatic ring is 1. The molecule has 0 fully saturated rings. The molecule has 8 nitrogen and oxygen atoms in total. The zero-order valence-electron chi connectivity index (χ0n) is 14.4. The Morgan fingerprint density at radius 3 is 2.33 bits per heavy atom. The van der Waals surface area contributed by atoms with E-state index in [1.807, 2.05) is 0 Å². The number of amides is 2. The van der Waals surface area contributed by atoms with E-state index in [1.165, 1.54) is 11.3 Å². The zero-order valence-corrected chi connectivity index (χ0v) is 15.2. The van der Waals surface area contributed by atoms with Crippen LogP contribution in [0.15, 0.2) is 41.8 Å². The van der Waals surface area contributed by atoms with Crippen molar-refractivity contribution in [1.29, 1.82) is 5.41 Å². The molecule has 2 aromatic rings. The van der Waals surface area contributed by atoms with Crippen LogP contribution < -0.4 is 16.4 Å². The molecular formula is C18H20N4O4S. The van der Waals surface area contributed by atoms with E-state index in [0.29, 0.717) is 11.3 Å². The summed E-state index contributed by atoms with van der Waals surface area (Å²) in [6, 6.07) is 9.40. The number of carbonyl (C=O) groups excluding carboxylic acids is 2. The summed E-state index contributed by atoms with van der Waals surface area (Å²) in [5, 5.41) is 23.4. The van der Waals surface area contributed by atoms with Crippen molar-refractivity contribution >= 4 is 40.6 Å². The lowest BCUT2D eigenvalue weighted by atomic mass is 10.1. The fraction of sp³-hybridized carbons (Fsp3) is 0.222. The highest BCUT2D eigenvalue weighted by molar-refractivity contribution is 7.10. The molecule has 0 spiro atoms. The van der Waals surface area contributed by atoms with Crippen LogP contribution >= 0.6 is 11.3 Å². The SMILES string of the molecule is N=C(N)c1ccc(NC(=O)CCC(=O)NC(CC(=O)O)c2cccs2)cc1. The smallest absolute Gasteiger partial charge is 0.305 e. The molecule has 1 atom stereocenters. The van der Waals surface area contributed by atoms with E-state index in [-0.39, 0.29) is 31.0 Å². The molecule has 0 aliphatic carbocycles. The molecule has 1 aromatic heterocycles. The second kappa shape index (κ2) is 9.48. The first-order valence-corrected chi connectivity index (χ1v) is 9.02. The maximum atomic E-state index is 12.1. The van der Waals surface area contributed by atoms with Crippen LogP contribution in [0.2, 0.25) is 0 Å². The van der Waals surface area contributed by atoms with Crippen LogP contribution in [-0.4, -0.2) is 28.7 Å². The summed E-state index contributed by atoms with van der Waals surface area (Å²) < 4.78 is 0. The monoisotopic (exact) mass is 388 g/mol. The molecule has 27 heavy (non-hydrogen) atoms. The summed E-state index contributed by atoms with van der Waals surface area (Å²) in [7, 11) is 0. The number of anilines is 1. The molecule has 2 rings (SSSR count). The van der Waals surface area contributed by atoms with E-state index < -0.39 is 17.9 Å². The first-order chi connectivity index (χ1) is 12.8. The summed E-state index contributed by atoms with van der Waals surface area (Å²) in [4.78, 5) is 35.8. The molecule has 9 heteroatoms. The van der Waals surface area contributed by atoms with Gasteiger partial charge in [0.1, 0.15) is 5.84 Å². The van der Waals surface area contributed by atoms with Gasteiger partial charge in [0.25, 0.3) is 0 Å². The second-order valence-corrected chi connectivity index (χ2v) is 6.75. The van der Waals surface area contributed by atoms with Crippen LogP contribution in [-0.2, 0) is 14.4 Å². The standard InChI is InChI=1S/C18H20N4O4S/c19-18(20)11-3-5-12(6-4-11)21-15(23)7-8-16(24)22-13(10-17(25)26)14-2-1-9-27-14/h1-6,9,13H,7-8,10H2,(H3,19,20)(H,21,23)(H,22,24)(H,25,26). The molecule has 0 aliphatic heterocycles. The Bertz CT molecular complexity index is 818. The van der Waals surface area contributed by atoms with E-state index in [0.717, 1.165) is 4.88 Å². The van der Waals surface area contributed by atoms with Crippen LogP contribution in [0.25, 0.3) is 0 Å². The predicted molar refractivity (Wildman–Crippen MR) is 103 cm³/mol. The number of hydrogen-bond donors (Lipinski definition) is 5. The molecule has 1 heterocycles. The van der Waals surface area contributed by atoms with Crippen molar-refractivity contribution in [3.63, 3.8) is 0 Å². The average molecular weight is 388 g/mol. The van der Waals surface area contributed by atoms with Crippen molar-refractivity contribution in [2.24, 2.45) is 5.73 Å². The van der Waals surface area contributed by atoms with Crippen LogP contribution in [0.4, 0.5) is 5.69 Å². The van der Waals surface area contributed by atoms with Gasteiger partial charge in [-0.2, -0.15) is 0 Å².